The summed E-state index contributed by atoms with van der Waals surface area (Å²) in [5.74, 6) is 0.794. The minimum atomic E-state index is -0.779. The highest BCUT2D eigenvalue weighted by molar-refractivity contribution is 6.07. The molecule has 0 bridgehead atoms. The van der Waals surface area contributed by atoms with E-state index in [0.29, 0.717) is 12.2 Å². The number of urea groups is 1. The van der Waals surface area contributed by atoms with Gasteiger partial charge in [-0.3, -0.25) is 9.69 Å². The smallest absolute Gasteiger partial charge is 0.325 e. The first-order valence-corrected chi connectivity index (χ1v) is 8.10. The van der Waals surface area contributed by atoms with Crippen LogP contribution < -0.4 is 5.32 Å². The Labute approximate surface area is 138 Å². The van der Waals surface area contributed by atoms with Crippen molar-refractivity contribution in [1.82, 2.24) is 20.4 Å². The maximum atomic E-state index is 12.9. The maximum absolute atomic E-state index is 12.9. The number of imide groups is 1. The van der Waals surface area contributed by atoms with Crippen LogP contribution in [-0.2, 0) is 11.3 Å². The summed E-state index contributed by atoms with van der Waals surface area (Å²) in [5, 5.41) is 10.7. The van der Waals surface area contributed by atoms with Crippen LogP contribution in [0.15, 0.2) is 27.2 Å². The summed E-state index contributed by atoms with van der Waals surface area (Å²) >= 11 is 0. The highest BCUT2D eigenvalue weighted by atomic mass is 16.4. The lowest BCUT2D eigenvalue weighted by Gasteiger charge is -2.36. The number of hydrogen-bond donors (Lipinski definition) is 1. The van der Waals surface area contributed by atoms with E-state index in [1.807, 2.05) is 6.92 Å². The Morgan fingerprint density at radius 3 is 3.00 bits per heavy atom. The van der Waals surface area contributed by atoms with Crippen LogP contribution in [0.1, 0.15) is 38.5 Å². The topological polar surface area (TPSA) is 101 Å². The summed E-state index contributed by atoms with van der Waals surface area (Å²) in [5.41, 5.74) is -0.779. The van der Waals surface area contributed by atoms with Crippen LogP contribution in [0.25, 0.3) is 11.7 Å². The van der Waals surface area contributed by atoms with Crippen LogP contribution in [0.4, 0.5) is 4.79 Å². The van der Waals surface area contributed by atoms with Crippen molar-refractivity contribution >= 4 is 11.9 Å². The van der Waals surface area contributed by atoms with Crippen molar-refractivity contribution < 1.29 is 18.4 Å². The average molecular weight is 330 g/mol. The number of nitrogens with zero attached hydrogens (tertiary/aromatic N) is 3. The molecule has 1 spiro atoms. The van der Waals surface area contributed by atoms with Gasteiger partial charge in [-0.2, -0.15) is 0 Å². The summed E-state index contributed by atoms with van der Waals surface area (Å²) in [6.45, 7) is 1.98. The van der Waals surface area contributed by atoms with Gasteiger partial charge in [0.2, 0.25) is 5.89 Å². The molecule has 2 fully saturated rings. The molecule has 8 nitrogen and oxygen atoms in total. The van der Waals surface area contributed by atoms with E-state index in [0.717, 1.165) is 19.3 Å². The second-order valence-corrected chi connectivity index (χ2v) is 6.42. The number of hydrogen-bond acceptors (Lipinski definition) is 6. The van der Waals surface area contributed by atoms with Crippen molar-refractivity contribution in [3.05, 3.63) is 24.3 Å². The Morgan fingerprint density at radius 1 is 1.38 bits per heavy atom. The summed E-state index contributed by atoms with van der Waals surface area (Å²) in [6, 6.07) is 3.01. The normalized spacial score (nSPS) is 27.0. The Kier molecular flexibility index (Phi) is 3.40. The van der Waals surface area contributed by atoms with Crippen LogP contribution in [0.2, 0.25) is 0 Å². The molecule has 3 heterocycles. The van der Waals surface area contributed by atoms with Gasteiger partial charge < -0.3 is 14.2 Å². The molecule has 1 N–H and O–H groups in total. The average Bonchev–Trinajstić information content (AvgIpc) is 3.28. The van der Waals surface area contributed by atoms with Crippen LogP contribution in [0.5, 0.6) is 0 Å². The van der Waals surface area contributed by atoms with E-state index in [2.05, 4.69) is 15.5 Å². The third-order valence-corrected chi connectivity index (χ3v) is 4.99. The third-order valence-electron chi connectivity index (χ3n) is 4.99. The van der Waals surface area contributed by atoms with Crippen LogP contribution in [0, 0.1) is 5.92 Å². The fourth-order valence-electron chi connectivity index (χ4n) is 3.59. The van der Waals surface area contributed by atoms with Gasteiger partial charge in [-0.15, -0.1) is 10.2 Å². The molecule has 126 valence electrons. The zero-order valence-electron chi connectivity index (χ0n) is 13.3. The minimum absolute atomic E-state index is 0.0349. The van der Waals surface area contributed by atoms with E-state index in [1.54, 1.807) is 12.1 Å². The van der Waals surface area contributed by atoms with E-state index in [-0.39, 0.29) is 30.2 Å². The van der Waals surface area contributed by atoms with Gasteiger partial charge in [0, 0.05) is 0 Å². The zero-order chi connectivity index (χ0) is 16.7. The van der Waals surface area contributed by atoms with E-state index in [1.165, 1.54) is 11.2 Å². The molecule has 8 heteroatoms. The third kappa shape index (κ3) is 2.21. The quantitative estimate of drug-likeness (QED) is 0.867. The second-order valence-electron chi connectivity index (χ2n) is 6.42. The van der Waals surface area contributed by atoms with Gasteiger partial charge in [0.25, 0.3) is 11.8 Å². The molecule has 4 rings (SSSR count). The number of aromatic nitrogens is 2. The summed E-state index contributed by atoms with van der Waals surface area (Å²) in [6.07, 6.45) is 5.14. The van der Waals surface area contributed by atoms with Gasteiger partial charge in [0.05, 0.1) is 6.26 Å². The number of rotatable bonds is 3. The standard InChI is InChI=1S/C16H18N4O4/c1-10-5-2-3-7-16(10)14(21)20(15(22)17-16)9-12-18-19-13(24-12)11-6-4-8-23-11/h4,6,8,10H,2-3,5,7,9H2,1H3,(H,17,22)/t10-,16+/m0/s1. The molecule has 3 amide bonds. The van der Waals surface area contributed by atoms with Crippen LogP contribution >= 0.6 is 0 Å². The number of carbonyl (C=O) groups is 2. The Hall–Kier alpha value is -2.64. The van der Waals surface area contributed by atoms with Gasteiger partial charge >= 0.3 is 6.03 Å². The van der Waals surface area contributed by atoms with Crippen molar-refractivity contribution in [3.8, 4) is 11.7 Å². The van der Waals surface area contributed by atoms with Crippen molar-refractivity contribution in [2.24, 2.45) is 5.92 Å². The molecule has 0 radical (unpaired) electrons. The van der Waals surface area contributed by atoms with Crippen LogP contribution in [-0.4, -0.2) is 32.6 Å². The van der Waals surface area contributed by atoms with E-state index in [9.17, 15) is 9.59 Å². The SMILES string of the molecule is C[C@H]1CCCC[C@@]12NC(=O)N(Cc1nnc(-c3ccco3)o1)C2=O. The van der Waals surface area contributed by atoms with E-state index >= 15 is 0 Å². The molecule has 1 aliphatic carbocycles. The van der Waals surface area contributed by atoms with Crippen molar-refractivity contribution in [2.45, 2.75) is 44.7 Å². The van der Waals surface area contributed by atoms with E-state index < -0.39 is 11.6 Å². The summed E-state index contributed by atoms with van der Waals surface area (Å²) < 4.78 is 10.7. The van der Waals surface area contributed by atoms with Gasteiger partial charge in [0.1, 0.15) is 12.1 Å². The summed E-state index contributed by atoms with van der Waals surface area (Å²) in [4.78, 5) is 26.4. The first-order valence-electron chi connectivity index (χ1n) is 8.10. The predicted octanol–water partition coefficient (Wildman–Crippen LogP) is 2.33. The molecule has 2 aromatic heterocycles. The van der Waals surface area contributed by atoms with Crippen LogP contribution in [0.3, 0.4) is 0 Å². The van der Waals surface area contributed by atoms with E-state index in [4.69, 9.17) is 8.83 Å². The Morgan fingerprint density at radius 2 is 2.25 bits per heavy atom. The number of carbonyl (C=O) groups excluding carboxylic acids is 2. The molecule has 2 aliphatic rings. The molecule has 2 aromatic rings. The van der Waals surface area contributed by atoms with Crippen molar-refractivity contribution in [2.75, 3.05) is 0 Å². The molecule has 0 unspecified atom stereocenters. The minimum Gasteiger partial charge on any atom is -0.459 e. The number of nitrogens with one attached hydrogen (secondary N) is 1. The lowest BCUT2D eigenvalue weighted by atomic mass is 9.73. The highest BCUT2D eigenvalue weighted by Gasteiger charge is 2.55. The molecule has 2 atom stereocenters. The zero-order valence-corrected chi connectivity index (χ0v) is 13.3. The molecule has 1 saturated heterocycles. The van der Waals surface area contributed by atoms with Gasteiger partial charge in [-0.1, -0.05) is 19.8 Å². The first kappa shape index (κ1) is 14.9. The fourth-order valence-corrected chi connectivity index (χ4v) is 3.59. The Bertz CT molecular complexity index is 769. The lowest BCUT2D eigenvalue weighted by molar-refractivity contribution is -0.134. The Balaban J connectivity index is 1.55. The fraction of sp³-hybridized carbons (Fsp3) is 0.500. The molecular formula is C16H18N4O4. The van der Waals surface area contributed by atoms with Gasteiger partial charge in [-0.25, -0.2) is 4.79 Å². The molecule has 1 saturated carbocycles. The second kappa shape index (κ2) is 5.47. The largest absolute Gasteiger partial charge is 0.459 e. The predicted molar refractivity (Wildman–Crippen MR) is 81.4 cm³/mol. The van der Waals surface area contributed by atoms with Crippen molar-refractivity contribution in [3.63, 3.8) is 0 Å². The number of amides is 3. The van der Waals surface area contributed by atoms with Gasteiger partial charge in [-0.05, 0) is 30.9 Å². The maximum Gasteiger partial charge on any atom is 0.325 e. The molecule has 0 aromatic carbocycles. The van der Waals surface area contributed by atoms with Crippen molar-refractivity contribution in [1.29, 1.82) is 0 Å². The lowest BCUT2D eigenvalue weighted by Crippen LogP contribution is -2.53. The molecular weight excluding hydrogens is 312 g/mol. The monoisotopic (exact) mass is 330 g/mol. The molecule has 24 heavy (non-hydrogen) atoms. The summed E-state index contributed by atoms with van der Waals surface area (Å²) in [7, 11) is 0. The van der Waals surface area contributed by atoms with Gasteiger partial charge in [0.15, 0.2) is 5.76 Å². The number of furan rings is 1. The molecule has 1 aliphatic heterocycles. The highest BCUT2D eigenvalue weighted by Crippen LogP contribution is 2.38. The first-order chi connectivity index (χ1) is 11.6.